The molecule has 0 aliphatic carbocycles. The number of carbonyl (C=O) groups is 1. The molecule has 6 heteroatoms. The minimum absolute atomic E-state index is 0.111. The first-order valence-electron chi connectivity index (χ1n) is 10.0. The van der Waals surface area contributed by atoms with Crippen LogP contribution < -0.4 is 15.5 Å². The summed E-state index contributed by atoms with van der Waals surface area (Å²) in [6, 6.07) is 19.5. The van der Waals surface area contributed by atoms with Gasteiger partial charge in [0, 0.05) is 41.7 Å². The van der Waals surface area contributed by atoms with E-state index in [4.69, 9.17) is 9.47 Å². The molecule has 0 unspecified atom stereocenters. The molecule has 0 bridgehead atoms. The predicted octanol–water partition coefficient (Wildman–Crippen LogP) is 2.06. The maximum atomic E-state index is 12.7. The van der Waals surface area contributed by atoms with Crippen molar-refractivity contribution in [2.75, 3.05) is 44.8 Å². The highest BCUT2D eigenvalue weighted by molar-refractivity contribution is 6.32. The second-order valence-corrected chi connectivity index (χ2v) is 7.28. The number of anilines is 1. The number of rotatable bonds is 6. The molecule has 1 fully saturated rings. The first kappa shape index (κ1) is 19.5. The summed E-state index contributed by atoms with van der Waals surface area (Å²) in [5, 5.41) is 5.01. The molecule has 1 heterocycles. The van der Waals surface area contributed by atoms with E-state index in [0.717, 1.165) is 60.5 Å². The van der Waals surface area contributed by atoms with Gasteiger partial charge in [0.25, 0.3) is 5.91 Å². The summed E-state index contributed by atoms with van der Waals surface area (Å²) in [4.78, 5) is 15.0. The van der Waals surface area contributed by atoms with Gasteiger partial charge in [0.15, 0.2) is 0 Å². The van der Waals surface area contributed by atoms with Crippen LogP contribution in [0.5, 0.6) is 5.75 Å². The molecular weight excluding hydrogens is 363 g/mol. The van der Waals surface area contributed by atoms with E-state index in [1.165, 1.54) is 0 Å². The molecule has 29 heavy (non-hydrogen) atoms. The molecule has 0 atom stereocenters. The smallest absolute Gasteiger partial charge is 0.255 e. The van der Waals surface area contributed by atoms with Crippen LogP contribution in [0, 0.1) is 0 Å². The lowest BCUT2D eigenvalue weighted by molar-refractivity contribution is 0.0323. The Bertz CT molecular complexity index is 1000. The molecule has 0 aromatic heterocycles. The fourth-order valence-corrected chi connectivity index (χ4v) is 3.60. The third-order valence-electron chi connectivity index (χ3n) is 5.18. The monoisotopic (exact) mass is 388 g/mol. The van der Waals surface area contributed by atoms with Crippen molar-refractivity contribution in [1.82, 2.24) is 4.90 Å². The minimum Gasteiger partial charge on any atom is -0.492 e. The second kappa shape index (κ2) is 9.12. The molecule has 0 saturated carbocycles. The first-order valence-corrected chi connectivity index (χ1v) is 10.0. The number of carbonyl (C=O) groups excluding carboxylic acids is 1. The van der Waals surface area contributed by atoms with Crippen LogP contribution in [-0.2, 0) is 4.74 Å². The van der Waals surface area contributed by atoms with Crippen LogP contribution in [0.1, 0.15) is 10.4 Å². The van der Waals surface area contributed by atoms with Gasteiger partial charge in [-0.15, -0.1) is 0 Å². The van der Waals surface area contributed by atoms with Gasteiger partial charge in [-0.1, -0.05) is 47.9 Å². The number of ether oxygens (including phenoxy) is 2. The molecule has 4 rings (SSSR count). The summed E-state index contributed by atoms with van der Waals surface area (Å²) in [6.45, 7) is 4.99. The van der Waals surface area contributed by atoms with Crippen LogP contribution in [0.15, 0.2) is 60.7 Å². The number of fused-ring (bicyclic) bond motifs is 1. The Morgan fingerprint density at radius 2 is 1.83 bits per heavy atom. The number of morpholine rings is 1. The summed E-state index contributed by atoms with van der Waals surface area (Å²) in [5.74, 6) is 0.724. The Morgan fingerprint density at radius 3 is 2.62 bits per heavy atom. The van der Waals surface area contributed by atoms with Gasteiger partial charge in [0.2, 0.25) is 0 Å². The Hall–Kier alpha value is -2.83. The number of nitrogens with one attached hydrogen (secondary N) is 1. The molecule has 1 saturated heterocycles. The highest BCUT2D eigenvalue weighted by Crippen LogP contribution is 2.32. The molecule has 1 amide bonds. The molecule has 3 aromatic carbocycles. The molecule has 5 nitrogen and oxygen atoms in total. The van der Waals surface area contributed by atoms with Crippen molar-refractivity contribution in [3.63, 3.8) is 0 Å². The van der Waals surface area contributed by atoms with E-state index < -0.39 is 0 Å². The van der Waals surface area contributed by atoms with Crippen LogP contribution >= 0.6 is 0 Å². The maximum Gasteiger partial charge on any atom is 0.255 e. The summed E-state index contributed by atoms with van der Waals surface area (Å²) in [5.41, 5.74) is 2.50. The van der Waals surface area contributed by atoms with Gasteiger partial charge < -0.3 is 14.8 Å². The number of nitrogens with zero attached hydrogens (tertiary/aromatic N) is 1. The number of amides is 1. The third-order valence-corrected chi connectivity index (χ3v) is 5.18. The van der Waals surface area contributed by atoms with E-state index in [1.807, 2.05) is 68.5 Å². The van der Waals surface area contributed by atoms with Gasteiger partial charge in [0.05, 0.1) is 13.2 Å². The SMILES string of the molecule is Bc1cccc(C(=O)Nc2ccc(OCCN3CCOCC3)c3ccccc23)c1. The Kier molecular flexibility index (Phi) is 6.13. The lowest BCUT2D eigenvalue weighted by Crippen LogP contribution is -2.38. The molecule has 0 radical (unpaired) electrons. The van der Waals surface area contributed by atoms with Crippen molar-refractivity contribution in [2.24, 2.45) is 0 Å². The standard InChI is InChI=1S/C23H25BN2O3/c24-18-5-3-4-17(16-18)23(27)25-21-8-9-22(20-7-2-1-6-19(20)21)29-15-12-26-10-13-28-14-11-26/h1-9,16H,10-15,24H2,(H,25,27). The Labute approximate surface area is 172 Å². The van der Waals surface area contributed by atoms with E-state index >= 15 is 0 Å². The van der Waals surface area contributed by atoms with Crippen LogP contribution in [0.25, 0.3) is 10.8 Å². The van der Waals surface area contributed by atoms with Crippen LogP contribution in [0.3, 0.4) is 0 Å². The van der Waals surface area contributed by atoms with Crippen molar-refractivity contribution in [1.29, 1.82) is 0 Å². The van der Waals surface area contributed by atoms with Crippen molar-refractivity contribution in [3.8, 4) is 5.75 Å². The van der Waals surface area contributed by atoms with Crippen molar-refractivity contribution in [2.45, 2.75) is 0 Å². The number of hydrogen-bond acceptors (Lipinski definition) is 4. The Balaban J connectivity index is 1.49. The lowest BCUT2D eigenvalue weighted by Gasteiger charge is -2.26. The number of hydrogen-bond donors (Lipinski definition) is 1. The molecule has 3 aromatic rings. The zero-order chi connectivity index (χ0) is 20.1. The topological polar surface area (TPSA) is 50.8 Å². The van der Waals surface area contributed by atoms with Gasteiger partial charge in [-0.2, -0.15) is 0 Å². The van der Waals surface area contributed by atoms with E-state index in [-0.39, 0.29) is 5.91 Å². The van der Waals surface area contributed by atoms with Crippen LogP contribution in [0.2, 0.25) is 0 Å². The zero-order valence-electron chi connectivity index (χ0n) is 16.7. The van der Waals surface area contributed by atoms with Crippen molar-refractivity contribution >= 4 is 35.7 Å². The molecule has 0 spiro atoms. The summed E-state index contributed by atoms with van der Waals surface area (Å²) in [6.07, 6.45) is 0. The maximum absolute atomic E-state index is 12.7. The second-order valence-electron chi connectivity index (χ2n) is 7.28. The highest BCUT2D eigenvalue weighted by Gasteiger charge is 2.13. The van der Waals surface area contributed by atoms with Crippen LogP contribution in [0.4, 0.5) is 5.69 Å². The average molecular weight is 388 g/mol. The van der Waals surface area contributed by atoms with E-state index in [0.29, 0.717) is 12.2 Å². The van der Waals surface area contributed by atoms with E-state index in [9.17, 15) is 4.79 Å². The Morgan fingerprint density at radius 1 is 1.03 bits per heavy atom. The molecule has 1 aliphatic heterocycles. The van der Waals surface area contributed by atoms with Gasteiger partial charge in [0.1, 0.15) is 20.2 Å². The average Bonchev–Trinajstić information content (AvgIpc) is 2.76. The van der Waals surface area contributed by atoms with Crippen molar-refractivity contribution in [3.05, 3.63) is 66.2 Å². The molecule has 1 aliphatic rings. The fourth-order valence-electron chi connectivity index (χ4n) is 3.60. The van der Waals surface area contributed by atoms with Gasteiger partial charge in [-0.3, -0.25) is 9.69 Å². The molecular formula is C23H25BN2O3. The first-order chi connectivity index (χ1) is 14.2. The largest absolute Gasteiger partial charge is 0.492 e. The normalized spacial score (nSPS) is 14.6. The van der Waals surface area contributed by atoms with Gasteiger partial charge >= 0.3 is 0 Å². The minimum atomic E-state index is -0.111. The van der Waals surface area contributed by atoms with E-state index in [2.05, 4.69) is 10.2 Å². The summed E-state index contributed by atoms with van der Waals surface area (Å²) in [7, 11) is 1.98. The van der Waals surface area contributed by atoms with Crippen LogP contribution in [-0.4, -0.2) is 58.1 Å². The quantitative estimate of drug-likeness (QED) is 0.657. The van der Waals surface area contributed by atoms with Gasteiger partial charge in [-0.25, -0.2) is 0 Å². The lowest BCUT2D eigenvalue weighted by atomic mass is 9.94. The van der Waals surface area contributed by atoms with Crippen molar-refractivity contribution < 1.29 is 14.3 Å². The summed E-state index contributed by atoms with van der Waals surface area (Å²) >= 11 is 0. The fraction of sp³-hybridized carbons (Fsp3) is 0.261. The van der Waals surface area contributed by atoms with Gasteiger partial charge in [-0.05, 0) is 18.2 Å². The summed E-state index contributed by atoms with van der Waals surface area (Å²) < 4.78 is 11.5. The molecule has 148 valence electrons. The predicted molar refractivity (Wildman–Crippen MR) is 119 cm³/mol. The molecule has 1 N–H and O–H groups in total. The number of benzene rings is 3. The highest BCUT2D eigenvalue weighted by atomic mass is 16.5. The van der Waals surface area contributed by atoms with E-state index in [1.54, 1.807) is 0 Å². The third kappa shape index (κ3) is 4.78. The zero-order valence-corrected chi connectivity index (χ0v) is 16.7.